The molecule has 0 radical (unpaired) electrons. The van der Waals surface area contributed by atoms with Gasteiger partial charge in [-0.2, -0.15) is 13.2 Å². The summed E-state index contributed by atoms with van der Waals surface area (Å²) in [5, 5.41) is 0. The summed E-state index contributed by atoms with van der Waals surface area (Å²) < 4.78 is 38.4. The molecule has 0 aromatic heterocycles. The lowest BCUT2D eigenvalue weighted by Gasteiger charge is -2.34. The lowest BCUT2D eigenvalue weighted by Crippen LogP contribution is -2.49. The number of carbonyl (C=O) groups excluding carboxylic acids is 1. The second-order valence-corrected chi connectivity index (χ2v) is 6.87. The van der Waals surface area contributed by atoms with Crippen LogP contribution >= 0.6 is 0 Å². The fourth-order valence-corrected chi connectivity index (χ4v) is 3.23. The molecule has 0 saturated carbocycles. The third-order valence-corrected chi connectivity index (χ3v) is 4.81. The van der Waals surface area contributed by atoms with Crippen molar-refractivity contribution in [1.82, 2.24) is 9.80 Å². The van der Waals surface area contributed by atoms with Crippen LogP contribution in [0.1, 0.15) is 16.7 Å². The summed E-state index contributed by atoms with van der Waals surface area (Å²) in [5.74, 6) is -0.126. The third-order valence-electron chi connectivity index (χ3n) is 4.81. The molecule has 1 aliphatic rings. The first kappa shape index (κ1) is 20.1. The van der Waals surface area contributed by atoms with Gasteiger partial charge in [0.1, 0.15) is 0 Å². The van der Waals surface area contributed by atoms with Crippen LogP contribution in [-0.2, 0) is 17.4 Å². The number of benzene rings is 2. The molecular formula is C22H23F3N2O. The van der Waals surface area contributed by atoms with Gasteiger partial charge in [-0.1, -0.05) is 60.7 Å². The Bertz CT molecular complexity index is 810. The minimum Gasteiger partial charge on any atom is -0.340 e. The molecule has 1 amide bonds. The van der Waals surface area contributed by atoms with Crippen molar-refractivity contribution in [2.24, 2.45) is 0 Å². The Hall–Kier alpha value is -2.60. The maximum absolute atomic E-state index is 12.8. The van der Waals surface area contributed by atoms with Crippen LogP contribution in [0.2, 0.25) is 0 Å². The number of alkyl halides is 3. The largest absolute Gasteiger partial charge is 0.416 e. The lowest BCUT2D eigenvalue weighted by atomic mass is 10.1. The van der Waals surface area contributed by atoms with Gasteiger partial charge < -0.3 is 4.90 Å². The van der Waals surface area contributed by atoms with Crippen molar-refractivity contribution in [2.45, 2.75) is 12.6 Å². The van der Waals surface area contributed by atoms with E-state index in [1.165, 1.54) is 6.07 Å². The molecule has 0 unspecified atom stereocenters. The third kappa shape index (κ3) is 5.70. The van der Waals surface area contributed by atoms with E-state index < -0.39 is 11.7 Å². The molecule has 1 saturated heterocycles. The summed E-state index contributed by atoms with van der Waals surface area (Å²) in [6.45, 7) is 3.51. The van der Waals surface area contributed by atoms with E-state index in [0.717, 1.165) is 37.3 Å². The fraction of sp³-hybridized carbons (Fsp3) is 0.318. The number of amides is 1. The van der Waals surface area contributed by atoms with Gasteiger partial charge in [0.15, 0.2) is 0 Å². The zero-order chi connectivity index (χ0) is 20.0. The van der Waals surface area contributed by atoms with Crippen LogP contribution in [0.25, 0.3) is 6.08 Å². The quantitative estimate of drug-likeness (QED) is 0.770. The highest BCUT2D eigenvalue weighted by Gasteiger charge is 2.30. The van der Waals surface area contributed by atoms with E-state index in [4.69, 9.17) is 0 Å². The van der Waals surface area contributed by atoms with Crippen LogP contribution in [0.15, 0.2) is 60.7 Å². The van der Waals surface area contributed by atoms with Crippen molar-refractivity contribution in [3.63, 3.8) is 0 Å². The van der Waals surface area contributed by atoms with E-state index in [2.05, 4.69) is 17.1 Å². The molecule has 2 aromatic carbocycles. The summed E-state index contributed by atoms with van der Waals surface area (Å²) in [6, 6.07) is 15.1. The normalized spacial score (nSPS) is 15.9. The number of rotatable bonds is 5. The molecular weight excluding hydrogens is 365 g/mol. The Kier molecular flexibility index (Phi) is 6.52. The number of piperazine rings is 1. The molecule has 1 fully saturated rings. The fourth-order valence-electron chi connectivity index (χ4n) is 3.23. The maximum atomic E-state index is 12.8. The van der Waals surface area contributed by atoms with Crippen molar-refractivity contribution >= 4 is 12.0 Å². The molecule has 3 nitrogen and oxygen atoms in total. The van der Waals surface area contributed by atoms with Gasteiger partial charge in [-0.15, -0.1) is 0 Å². The zero-order valence-corrected chi connectivity index (χ0v) is 15.5. The number of halogens is 3. The van der Waals surface area contributed by atoms with Gasteiger partial charge in [0.05, 0.1) is 12.0 Å². The zero-order valence-electron chi connectivity index (χ0n) is 15.5. The van der Waals surface area contributed by atoms with E-state index in [1.807, 2.05) is 30.3 Å². The first-order valence-electron chi connectivity index (χ1n) is 9.30. The second kappa shape index (κ2) is 9.06. The topological polar surface area (TPSA) is 23.6 Å². The van der Waals surface area contributed by atoms with Crippen LogP contribution in [0.4, 0.5) is 13.2 Å². The summed E-state index contributed by atoms with van der Waals surface area (Å²) in [7, 11) is 0. The Morgan fingerprint density at radius 2 is 1.68 bits per heavy atom. The summed E-state index contributed by atoms with van der Waals surface area (Å²) in [6.07, 6.45) is -0.212. The molecule has 0 aliphatic carbocycles. The number of nitrogens with zero attached hydrogens (tertiary/aromatic N) is 2. The minimum absolute atomic E-state index is 0.00215. The maximum Gasteiger partial charge on any atom is 0.416 e. The van der Waals surface area contributed by atoms with E-state index in [0.29, 0.717) is 18.7 Å². The van der Waals surface area contributed by atoms with Gasteiger partial charge in [-0.25, -0.2) is 0 Å². The highest BCUT2D eigenvalue weighted by Crippen LogP contribution is 2.29. The molecule has 6 heteroatoms. The summed E-state index contributed by atoms with van der Waals surface area (Å²) >= 11 is 0. The molecule has 28 heavy (non-hydrogen) atoms. The molecule has 1 heterocycles. The van der Waals surface area contributed by atoms with E-state index >= 15 is 0 Å². The Morgan fingerprint density at radius 3 is 2.36 bits per heavy atom. The molecule has 0 bridgehead atoms. The van der Waals surface area contributed by atoms with Gasteiger partial charge in [0.25, 0.3) is 0 Å². The number of carbonyl (C=O) groups is 1. The number of hydrogen-bond donors (Lipinski definition) is 0. The van der Waals surface area contributed by atoms with Crippen LogP contribution < -0.4 is 0 Å². The van der Waals surface area contributed by atoms with Gasteiger partial charge in [0, 0.05) is 32.7 Å². The van der Waals surface area contributed by atoms with Crippen LogP contribution in [-0.4, -0.2) is 48.4 Å². The minimum atomic E-state index is -4.39. The Labute approximate surface area is 163 Å². The molecule has 1 aliphatic heterocycles. The molecule has 0 spiro atoms. The van der Waals surface area contributed by atoms with Crippen molar-refractivity contribution < 1.29 is 18.0 Å². The van der Waals surface area contributed by atoms with Crippen molar-refractivity contribution in [2.75, 3.05) is 32.7 Å². The molecule has 0 atom stereocenters. The standard InChI is InChI=1S/C22H23F3N2O/c23-22(24,25)20-10-4-8-19(16-20)17-21(28)27-14-12-26(13-15-27)11-5-9-18-6-2-1-3-7-18/h1-10,16H,11-15,17H2/b9-5+. The van der Waals surface area contributed by atoms with E-state index in [1.54, 1.807) is 11.0 Å². The van der Waals surface area contributed by atoms with Gasteiger partial charge in [-0.3, -0.25) is 9.69 Å². The average molecular weight is 388 g/mol. The van der Waals surface area contributed by atoms with Gasteiger partial charge in [0.2, 0.25) is 5.91 Å². The van der Waals surface area contributed by atoms with Crippen molar-refractivity contribution in [3.8, 4) is 0 Å². The first-order chi connectivity index (χ1) is 13.4. The van der Waals surface area contributed by atoms with Gasteiger partial charge >= 0.3 is 6.18 Å². The molecule has 148 valence electrons. The Balaban J connectivity index is 1.47. The van der Waals surface area contributed by atoms with Crippen LogP contribution in [0.5, 0.6) is 0 Å². The van der Waals surface area contributed by atoms with E-state index in [-0.39, 0.29) is 12.3 Å². The predicted octanol–water partition coefficient (Wildman–Crippen LogP) is 4.11. The summed E-state index contributed by atoms with van der Waals surface area (Å²) in [5.41, 5.74) is 0.832. The molecule has 3 rings (SSSR count). The van der Waals surface area contributed by atoms with Crippen LogP contribution in [0, 0.1) is 0 Å². The monoisotopic (exact) mass is 388 g/mol. The van der Waals surface area contributed by atoms with Crippen LogP contribution in [0.3, 0.4) is 0 Å². The SMILES string of the molecule is O=C(Cc1cccc(C(F)(F)F)c1)N1CCN(C/C=C/c2ccccc2)CC1. The van der Waals surface area contributed by atoms with Gasteiger partial charge in [-0.05, 0) is 17.2 Å². The van der Waals surface area contributed by atoms with Crippen molar-refractivity contribution in [1.29, 1.82) is 0 Å². The molecule has 0 N–H and O–H groups in total. The number of hydrogen-bond acceptors (Lipinski definition) is 2. The van der Waals surface area contributed by atoms with Crippen molar-refractivity contribution in [3.05, 3.63) is 77.4 Å². The van der Waals surface area contributed by atoms with E-state index in [9.17, 15) is 18.0 Å². The highest BCUT2D eigenvalue weighted by molar-refractivity contribution is 5.79. The first-order valence-corrected chi connectivity index (χ1v) is 9.30. The Morgan fingerprint density at radius 1 is 0.964 bits per heavy atom. The second-order valence-electron chi connectivity index (χ2n) is 6.87. The predicted molar refractivity (Wildman–Crippen MR) is 104 cm³/mol. The summed E-state index contributed by atoms with van der Waals surface area (Å²) in [4.78, 5) is 16.4. The smallest absolute Gasteiger partial charge is 0.340 e. The highest BCUT2D eigenvalue weighted by atomic mass is 19.4. The average Bonchev–Trinajstić information content (AvgIpc) is 2.69. The molecule has 2 aromatic rings. The lowest BCUT2D eigenvalue weighted by molar-refractivity contribution is -0.138.